The van der Waals surface area contributed by atoms with Crippen molar-refractivity contribution in [3.63, 3.8) is 0 Å². The van der Waals surface area contributed by atoms with Crippen LogP contribution in [0.15, 0.2) is 17.4 Å². The van der Waals surface area contributed by atoms with Crippen molar-refractivity contribution in [3.8, 4) is 0 Å². The molecule has 0 spiro atoms. The van der Waals surface area contributed by atoms with Gasteiger partial charge in [0.05, 0.1) is 17.5 Å². The molecule has 0 saturated heterocycles. The van der Waals surface area contributed by atoms with Crippen molar-refractivity contribution in [1.29, 1.82) is 0 Å². The number of rotatable bonds is 3. The number of nitrogens with zero attached hydrogens (tertiary/aromatic N) is 5. The Kier molecular flexibility index (Phi) is 3.41. The molecule has 2 aromatic heterocycles. The lowest BCUT2D eigenvalue weighted by atomic mass is 10.3. The van der Waals surface area contributed by atoms with Crippen molar-refractivity contribution in [1.82, 2.24) is 25.0 Å². The van der Waals surface area contributed by atoms with Crippen molar-refractivity contribution in [2.75, 3.05) is 0 Å². The third-order valence-corrected chi connectivity index (χ3v) is 2.50. The second kappa shape index (κ2) is 5.01. The quantitative estimate of drug-likeness (QED) is 0.642. The number of halogens is 1. The molecule has 0 aromatic carbocycles. The fraction of sp³-hybridized carbons (Fsp3) is 0.273. The minimum atomic E-state index is -0.506. The van der Waals surface area contributed by atoms with Crippen LogP contribution in [0.2, 0.25) is 0 Å². The Balaban J connectivity index is 2.06. The highest BCUT2D eigenvalue weighted by molar-refractivity contribution is 5.93. The number of nitrogens with one attached hydrogen (secondary N) is 1. The van der Waals surface area contributed by atoms with E-state index in [1.807, 2.05) is 0 Å². The van der Waals surface area contributed by atoms with Crippen molar-refractivity contribution in [2.45, 2.75) is 6.92 Å². The third-order valence-electron chi connectivity index (χ3n) is 2.50. The van der Waals surface area contributed by atoms with Crippen LogP contribution in [0.25, 0.3) is 0 Å². The smallest absolute Gasteiger partial charge is 0.275 e. The summed E-state index contributed by atoms with van der Waals surface area (Å²) in [6.45, 7) is 1.66. The molecule has 0 atom stereocenters. The number of aryl methyl sites for hydroxylation is 3. The Labute approximate surface area is 108 Å². The molecule has 0 aliphatic rings. The molecule has 8 heteroatoms. The van der Waals surface area contributed by atoms with Crippen molar-refractivity contribution in [3.05, 3.63) is 35.2 Å². The minimum absolute atomic E-state index is 0.239. The van der Waals surface area contributed by atoms with Gasteiger partial charge >= 0.3 is 0 Å². The molecule has 0 aliphatic heterocycles. The summed E-state index contributed by atoms with van der Waals surface area (Å²) in [7, 11) is 3.20. The topological polar surface area (TPSA) is 77.1 Å². The SMILES string of the molecule is Cc1nn(C)c(F)c1C=NNC(=O)c1ccn(C)n1. The first kappa shape index (κ1) is 12.9. The van der Waals surface area contributed by atoms with Gasteiger partial charge in [0.1, 0.15) is 0 Å². The van der Waals surface area contributed by atoms with Crippen molar-refractivity contribution < 1.29 is 9.18 Å². The molecule has 2 aromatic rings. The maximum absolute atomic E-state index is 13.6. The number of hydrogen-bond acceptors (Lipinski definition) is 4. The predicted octanol–water partition coefficient (Wildman–Crippen LogP) is 0.365. The maximum atomic E-state index is 13.6. The molecule has 0 aliphatic carbocycles. The van der Waals surface area contributed by atoms with Gasteiger partial charge in [0, 0.05) is 20.3 Å². The average molecular weight is 264 g/mol. The van der Waals surface area contributed by atoms with Crippen LogP contribution in [-0.2, 0) is 14.1 Å². The fourth-order valence-corrected chi connectivity index (χ4v) is 1.54. The van der Waals surface area contributed by atoms with Crippen LogP contribution in [0.4, 0.5) is 4.39 Å². The molecule has 2 rings (SSSR count). The van der Waals surface area contributed by atoms with E-state index >= 15 is 0 Å². The van der Waals surface area contributed by atoms with Gasteiger partial charge in [-0.15, -0.1) is 0 Å². The fourth-order valence-electron chi connectivity index (χ4n) is 1.54. The normalized spacial score (nSPS) is 11.2. The number of hydrogen-bond donors (Lipinski definition) is 1. The number of amides is 1. The third kappa shape index (κ3) is 2.67. The average Bonchev–Trinajstić information content (AvgIpc) is 2.88. The van der Waals surface area contributed by atoms with Crippen LogP contribution in [0, 0.1) is 12.9 Å². The molecular formula is C11H13FN6O. The summed E-state index contributed by atoms with van der Waals surface area (Å²) >= 11 is 0. The standard InChI is InChI=1S/C11H13FN6O/c1-7-8(10(12)18(3)15-7)6-13-14-11(19)9-4-5-17(2)16-9/h4-6H,1-3H3,(H,14,19). The van der Waals surface area contributed by atoms with Crippen LogP contribution < -0.4 is 5.43 Å². The minimum Gasteiger partial charge on any atom is -0.275 e. The van der Waals surface area contributed by atoms with Gasteiger partial charge < -0.3 is 0 Å². The Morgan fingerprint density at radius 2 is 2.21 bits per heavy atom. The summed E-state index contributed by atoms with van der Waals surface area (Å²) in [4.78, 5) is 11.6. The zero-order valence-corrected chi connectivity index (χ0v) is 10.8. The van der Waals surface area contributed by atoms with Crippen LogP contribution >= 0.6 is 0 Å². The Morgan fingerprint density at radius 3 is 2.74 bits per heavy atom. The van der Waals surface area contributed by atoms with Gasteiger partial charge in [-0.2, -0.15) is 19.7 Å². The Bertz CT molecular complexity index is 642. The molecule has 7 nitrogen and oxygen atoms in total. The van der Waals surface area contributed by atoms with Gasteiger partial charge in [-0.1, -0.05) is 0 Å². The van der Waals surface area contributed by atoms with Crippen LogP contribution in [0.3, 0.4) is 0 Å². The predicted molar refractivity (Wildman–Crippen MR) is 66.2 cm³/mol. The highest BCUT2D eigenvalue weighted by Crippen LogP contribution is 2.07. The van der Waals surface area contributed by atoms with E-state index in [2.05, 4.69) is 20.7 Å². The summed E-state index contributed by atoms with van der Waals surface area (Å²) in [5.74, 6) is -0.966. The van der Waals surface area contributed by atoms with Crippen LogP contribution in [0.1, 0.15) is 21.7 Å². The molecule has 100 valence electrons. The maximum Gasteiger partial charge on any atom is 0.291 e. The summed E-state index contributed by atoms with van der Waals surface area (Å²) < 4.78 is 16.2. The Morgan fingerprint density at radius 1 is 1.47 bits per heavy atom. The molecule has 1 N–H and O–H groups in total. The first-order valence-corrected chi connectivity index (χ1v) is 5.51. The molecule has 0 bridgehead atoms. The van der Waals surface area contributed by atoms with E-state index in [1.165, 1.54) is 17.9 Å². The second-order valence-corrected chi connectivity index (χ2v) is 3.99. The van der Waals surface area contributed by atoms with E-state index in [4.69, 9.17) is 0 Å². The lowest BCUT2D eigenvalue weighted by Gasteiger charge is -1.95. The van der Waals surface area contributed by atoms with Gasteiger partial charge in [-0.05, 0) is 13.0 Å². The lowest BCUT2D eigenvalue weighted by molar-refractivity contribution is 0.0949. The number of carbonyl (C=O) groups is 1. The lowest BCUT2D eigenvalue weighted by Crippen LogP contribution is -2.18. The monoisotopic (exact) mass is 264 g/mol. The zero-order valence-electron chi connectivity index (χ0n) is 10.8. The number of aromatic nitrogens is 4. The van der Waals surface area contributed by atoms with Gasteiger partial charge in [-0.3, -0.25) is 9.48 Å². The van der Waals surface area contributed by atoms with E-state index in [-0.39, 0.29) is 11.3 Å². The van der Waals surface area contributed by atoms with E-state index in [0.29, 0.717) is 5.69 Å². The van der Waals surface area contributed by atoms with E-state index < -0.39 is 11.9 Å². The molecule has 1 amide bonds. The zero-order chi connectivity index (χ0) is 14.0. The van der Waals surface area contributed by atoms with Crippen LogP contribution in [0.5, 0.6) is 0 Å². The van der Waals surface area contributed by atoms with Gasteiger partial charge in [-0.25, -0.2) is 10.1 Å². The summed E-state index contributed by atoms with van der Waals surface area (Å²) in [5, 5.41) is 11.5. The summed E-state index contributed by atoms with van der Waals surface area (Å²) in [6, 6.07) is 1.56. The van der Waals surface area contributed by atoms with Gasteiger partial charge in [0.2, 0.25) is 5.95 Å². The first-order valence-electron chi connectivity index (χ1n) is 5.51. The van der Waals surface area contributed by atoms with Crippen molar-refractivity contribution >= 4 is 12.1 Å². The Hall–Kier alpha value is -2.51. The van der Waals surface area contributed by atoms with E-state index in [0.717, 1.165) is 4.68 Å². The molecule has 19 heavy (non-hydrogen) atoms. The highest BCUT2D eigenvalue weighted by Gasteiger charge is 2.11. The molecule has 0 fully saturated rings. The van der Waals surface area contributed by atoms with Gasteiger partial charge in [0.25, 0.3) is 5.91 Å². The van der Waals surface area contributed by atoms with E-state index in [1.54, 1.807) is 26.2 Å². The summed E-state index contributed by atoms with van der Waals surface area (Å²) in [6.07, 6.45) is 2.86. The second-order valence-electron chi connectivity index (χ2n) is 3.99. The summed E-state index contributed by atoms with van der Waals surface area (Å²) in [5.41, 5.74) is 3.25. The molecule has 0 radical (unpaired) electrons. The molecular weight excluding hydrogens is 251 g/mol. The molecule has 0 saturated carbocycles. The highest BCUT2D eigenvalue weighted by atomic mass is 19.1. The molecule has 2 heterocycles. The molecule has 0 unspecified atom stereocenters. The largest absolute Gasteiger partial charge is 0.291 e. The number of hydrazone groups is 1. The number of carbonyl (C=O) groups excluding carboxylic acids is 1. The van der Waals surface area contributed by atoms with Crippen molar-refractivity contribution in [2.24, 2.45) is 19.2 Å². The first-order chi connectivity index (χ1) is 8.99. The van der Waals surface area contributed by atoms with Gasteiger partial charge in [0.15, 0.2) is 5.69 Å². The van der Waals surface area contributed by atoms with Crippen LogP contribution in [-0.4, -0.2) is 31.7 Å². The van der Waals surface area contributed by atoms with E-state index in [9.17, 15) is 9.18 Å².